The Morgan fingerprint density at radius 2 is 1.85 bits per heavy atom. The minimum atomic E-state index is -0.692. The molecule has 4 nitrogen and oxygen atoms in total. The lowest BCUT2D eigenvalue weighted by atomic mass is 9.81. The molecule has 1 aliphatic heterocycles. The number of carbonyl (C=O) groups is 1. The van der Waals surface area contributed by atoms with Gasteiger partial charge in [-0.1, -0.05) is 52.8 Å². The normalized spacial score (nSPS) is 20.9. The maximum Gasteiger partial charge on any atom is 0.410 e. The van der Waals surface area contributed by atoms with E-state index in [1.807, 2.05) is 26.8 Å². The summed E-state index contributed by atoms with van der Waals surface area (Å²) in [5.74, 6) is 0.370. The van der Waals surface area contributed by atoms with E-state index in [9.17, 15) is 9.90 Å². The largest absolute Gasteiger partial charge is 0.444 e. The zero-order valence-corrected chi connectivity index (χ0v) is 17.6. The van der Waals surface area contributed by atoms with Gasteiger partial charge in [-0.2, -0.15) is 0 Å². The first-order chi connectivity index (χ1) is 11.8. The molecule has 1 aromatic rings. The second kappa shape index (κ2) is 7.22. The molecule has 2 atom stereocenters. The molecule has 0 saturated carbocycles. The van der Waals surface area contributed by atoms with Gasteiger partial charge >= 0.3 is 6.09 Å². The number of ether oxygens (including phenoxy) is 1. The van der Waals surface area contributed by atoms with Gasteiger partial charge < -0.3 is 9.84 Å². The number of aliphatic hydroxyl groups excluding tert-OH is 1. The van der Waals surface area contributed by atoms with Crippen molar-refractivity contribution >= 4 is 6.09 Å². The smallest absolute Gasteiger partial charge is 0.410 e. The van der Waals surface area contributed by atoms with Crippen molar-refractivity contribution in [3.05, 3.63) is 34.9 Å². The Morgan fingerprint density at radius 3 is 2.35 bits per heavy atom. The molecule has 1 amide bonds. The van der Waals surface area contributed by atoms with Crippen LogP contribution >= 0.6 is 0 Å². The molecule has 4 heteroatoms. The first-order valence-corrected chi connectivity index (χ1v) is 9.60. The predicted molar refractivity (Wildman–Crippen MR) is 105 cm³/mol. The zero-order valence-electron chi connectivity index (χ0n) is 17.6. The molecule has 0 fully saturated rings. The Morgan fingerprint density at radius 1 is 1.23 bits per heavy atom. The lowest BCUT2D eigenvalue weighted by molar-refractivity contribution is -0.0208. The number of fused-ring (bicyclic) bond motifs is 1. The lowest BCUT2D eigenvalue weighted by Crippen LogP contribution is -2.49. The van der Waals surface area contributed by atoms with E-state index in [-0.39, 0.29) is 17.6 Å². The summed E-state index contributed by atoms with van der Waals surface area (Å²) in [5.41, 5.74) is 2.61. The molecule has 0 aliphatic carbocycles. The van der Waals surface area contributed by atoms with Gasteiger partial charge in [0, 0.05) is 6.54 Å². The van der Waals surface area contributed by atoms with Crippen molar-refractivity contribution in [2.24, 2.45) is 5.92 Å². The highest BCUT2D eigenvalue weighted by molar-refractivity contribution is 5.69. The standard InChI is InChI=1S/C22H35NO3/c1-14(2)11-18-19(24)17-10-9-16(21(3,4)5)12-15(17)13-23(18)20(25)26-22(6,7)8/h9-10,12,14,18-19,24H,11,13H2,1-8H3/t18-,19+/m1/s1. The molecule has 0 radical (unpaired) electrons. The number of aliphatic hydroxyl groups is 1. The van der Waals surface area contributed by atoms with Crippen molar-refractivity contribution in [3.8, 4) is 0 Å². The topological polar surface area (TPSA) is 49.8 Å². The van der Waals surface area contributed by atoms with Gasteiger partial charge in [-0.3, -0.25) is 4.90 Å². The first-order valence-electron chi connectivity index (χ1n) is 9.60. The number of amides is 1. The van der Waals surface area contributed by atoms with Crippen LogP contribution in [0.4, 0.5) is 4.79 Å². The van der Waals surface area contributed by atoms with E-state index in [1.54, 1.807) is 4.90 Å². The van der Waals surface area contributed by atoms with Gasteiger partial charge in [0.25, 0.3) is 0 Å². The van der Waals surface area contributed by atoms with Crippen molar-refractivity contribution in [2.45, 2.75) is 91.5 Å². The fourth-order valence-electron chi connectivity index (χ4n) is 3.44. The average molecular weight is 362 g/mol. The summed E-state index contributed by atoms with van der Waals surface area (Å²) in [6.45, 7) is 16.8. The quantitative estimate of drug-likeness (QED) is 0.789. The molecule has 26 heavy (non-hydrogen) atoms. The van der Waals surface area contributed by atoms with Crippen LogP contribution in [0, 0.1) is 5.92 Å². The summed E-state index contributed by atoms with van der Waals surface area (Å²) in [7, 11) is 0. The summed E-state index contributed by atoms with van der Waals surface area (Å²) < 4.78 is 5.63. The number of benzene rings is 1. The van der Waals surface area contributed by atoms with Crippen molar-refractivity contribution in [2.75, 3.05) is 0 Å². The van der Waals surface area contributed by atoms with E-state index in [0.717, 1.165) is 17.5 Å². The van der Waals surface area contributed by atoms with E-state index >= 15 is 0 Å². The fourth-order valence-corrected chi connectivity index (χ4v) is 3.44. The SMILES string of the molecule is CC(C)C[C@@H]1[C@@H](O)c2ccc(C(C)(C)C)cc2CN1C(=O)OC(C)(C)C. The molecule has 1 aromatic carbocycles. The lowest BCUT2D eigenvalue weighted by Gasteiger charge is -2.42. The number of hydrogen-bond donors (Lipinski definition) is 1. The minimum absolute atomic E-state index is 0.0194. The van der Waals surface area contributed by atoms with Crippen LogP contribution in [0.5, 0.6) is 0 Å². The van der Waals surface area contributed by atoms with Crippen LogP contribution in [0.15, 0.2) is 18.2 Å². The fraction of sp³-hybridized carbons (Fsp3) is 0.682. The highest BCUT2D eigenvalue weighted by Gasteiger charge is 2.39. The van der Waals surface area contributed by atoms with E-state index in [2.05, 4.69) is 46.8 Å². The third-order valence-corrected chi connectivity index (χ3v) is 4.77. The Kier molecular flexibility index (Phi) is 5.77. The molecular formula is C22H35NO3. The number of carbonyl (C=O) groups excluding carboxylic acids is 1. The Balaban J connectivity index is 2.42. The van der Waals surface area contributed by atoms with E-state index < -0.39 is 11.7 Å². The van der Waals surface area contributed by atoms with Gasteiger partial charge in [0.1, 0.15) is 5.60 Å². The van der Waals surface area contributed by atoms with Crippen LogP contribution < -0.4 is 0 Å². The molecule has 0 bridgehead atoms. The number of nitrogens with zero attached hydrogens (tertiary/aromatic N) is 1. The summed E-state index contributed by atoms with van der Waals surface area (Å²) in [6.07, 6.45) is -0.308. The monoisotopic (exact) mass is 361 g/mol. The predicted octanol–water partition coefficient (Wildman–Crippen LogP) is 5.18. The van der Waals surface area contributed by atoms with Crippen LogP contribution in [0.3, 0.4) is 0 Å². The maximum atomic E-state index is 12.8. The summed E-state index contributed by atoms with van der Waals surface area (Å²) in [4.78, 5) is 14.5. The highest BCUT2D eigenvalue weighted by Crippen LogP contribution is 2.37. The molecule has 1 aliphatic rings. The molecule has 1 heterocycles. The molecule has 146 valence electrons. The van der Waals surface area contributed by atoms with E-state index in [0.29, 0.717) is 12.5 Å². The summed E-state index contributed by atoms with van der Waals surface area (Å²) >= 11 is 0. The van der Waals surface area contributed by atoms with Crippen LogP contribution in [0.1, 0.15) is 84.6 Å². The van der Waals surface area contributed by atoms with Crippen LogP contribution in [0.2, 0.25) is 0 Å². The van der Waals surface area contributed by atoms with Crippen molar-refractivity contribution in [1.29, 1.82) is 0 Å². The number of rotatable bonds is 2. The van der Waals surface area contributed by atoms with Gasteiger partial charge in [-0.05, 0) is 55.2 Å². The van der Waals surface area contributed by atoms with Crippen molar-refractivity contribution in [3.63, 3.8) is 0 Å². The molecule has 0 saturated heterocycles. The molecule has 0 aromatic heterocycles. The first kappa shape index (κ1) is 20.8. The highest BCUT2D eigenvalue weighted by atomic mass is 16.6. The summed E-state index contributed by atoms with van der Waals surface area (Å²) in [6, 6.07) is 5.98. The third-order valence-electron chi connectivity index (χ3n) is 4.77. The Labute approximate surface area is 158 Å². The van der Waals surface area contributed by atoms with Gasteiger partial charge in [-0.15, -0.1) is 0 Å². The number of hydrogen-bond acceptors (Lipinski definition) is 3. The minimum Gasteiger partial charge on any atom is -0.444 e. The summed E-state index contributed by atoms with van der Waals surface area (Å²) in [5, 5.41) is 11.0. The maximum absolute atomic E-state index is 12.8. The Bertz CT molecular complexity index is 652. The zero-order chi connectivity index (χ0) is 19.9. The average Bonchev–Trinajstić information content (AvgIpc) is 2.46. The van der Waals surface area contributed by atoms with Crippen LogP contribution in [-0.4, -0.2) is 27.7 Å². The third kappa shape index (κ3) is 4.79. The second-order valence-corrected chi connectivity index (χ2v) is 9.91. The van der Waals surface area contributed by atoms with E-state index in [4.69, 9.17) is 4.74 Å². The van der Waals surface area contributed by atoms with E-state index in [1.165, 1.54) is 5.56 Å². The molecule has 1 N–H and O–H groups in total. The van der Waals surface area contributed by atoms with Gasteiger partial charge in [0.2, 0.25) is 0 Å². The van der Waals surface area contributed by atoms with Crippen LogP contribution in [-0.2, 0) is 16.7 Å². The van der Waals surface area contributed by atoms with Gasteiger partial charge in [0.15, 0.2) is 0 Å². The second-order valence-electron chi connectivity index (χ2n) is 9.91. The van der Waals surface area contributed by atoms with Crippen molar-refractivity contribution < 1.29 is 14.6 Å². The van der Waals surface area contributed by atoms with Crippen LogP contribution in [0.25, 0.3) is 0 Å². The molecule has 0 unspecified atom stereocenters. The Hall–Kier alpha value is -1.55. The van der Waals surface area contributed by atoms with Gasteiger partial charge in [-0.25, -0.2) is 4.79 Å². The molecule has 0 spiro atoms. The molecular weight excluding hydrogens is 326 g/mol. The van der Waals surface area contributed by atoms with Crippen molar-refractivity contribution in [1.82, 2.24) is 4.90 Å². The molecule has 2 rings (SSSR count). The van der Waals surface area contributed by atoms with Gasteiger partial charge in [0.05, 0.1) is 12.1 Å².